The first-order chi connectivity index (χ1) is 17.4. The first-order valence-electron chi connectivity index (χ1n) is 11.8. The minimum absolute atomic E-state index is 0.0118. The van der Waals surface area contributed by atoms with Crippen LogP contribution in [0.4, 0.5) is 0 Å². The zero-order valence-electron chi connectivity index (χ0n) is 21.3. The highest BCUT2D eigenvalue weighted by atomic mass is 16.5. The van der Waals surface area contributed by atoms with Gasteiger partial charge in [-0.05, 0) is 43.5 Å². The van der Waals surface area contributed by atoms with E-state index in [0.29, 0.717) is 46.9 Å². The number of rotatable bonds is 8. The molecule has 2 aromatic rings. The number of ketones is 1. The predicted molar refractivity (Wildman–Crippen MR) is 134 cm³/mol. The summed E-state index contributed by atoms with van der Waals surface area (Å²) < 4.78 is 27.6. The largest absolute Gasteiger partial charge is 0.497 e. The zero-order chi connectivity index (χ0) is 25.8. The van der Waals surface area contributed by atoms with Gasteiger partial charge in [0, 0.05) is 41.0 Å². The van der Waals surface area contributed by atoms with Gasteiger partial charge in [0.15, 0.2) is 17.3 Å². The molecule has 2 atom stereocenters. The molecule has 0 spiro atoms. The van der Waals surface area contributed by atoms with Gasteiger partial charge in [-0.25, -0.2) is 0 Å². The monoisotopic (exact) mass is 493 g/mol. The van der Waals surface area contributed by atoms with Crippen molar-refractivity contribution in [1.29, 1.82) is 0 Å². The number of methoxy groups -OCH3 is 4. The molecule has 36 heavy (non-hydrogen) atoms. The van der Waals surface area contributed by atoms with Gasteiger partial charge in [0.25, 0.3) is 0 Å². The molecule has 0 aromatic heterocycles. The van der Waals surface area contributed by atoms with Gasteiger partial charge in [-0.3, -0.25) is 14.6 Å². The van der Waals surface area contributed by atoms with E-state index in [-0.39, 0.29) is 12.4 Å². The van der Waals surface area contributed by atoms with Crippen molar-refractivity contribution in [2.75, 3.05) is 28.4 Å². The molecule has 0 N–H and O–H groups in total. The predicted octanol–water partition coefficient (Wildman–Crippen LogP) is 4.65. The maximum absolute atomic E-state index is 13.6. The number of ether oxygens (including phenoxy) is 5. The quantitative estimate of drug-likeness (QED) is 0.495. The highest BCUT2D eigenvalue weighted by Gasteiger charge is 2.44. The van der Waals surface area contributed by atoms with Gasteiger partial charge in [0.1, 0.15) is 24.0 Å². The summed E-state index contributed by atoms with van der Waals surface area (Å²) in [7, 11) is 6.22. The van der Waals surface area contributed by atoms with Crippen molar-refractivity contribution in [2.24, 2.45) is 10.9 Å². The molecule has 0 saturated heterocycles. The summed E-state index contributed by atoms with van der Waals surface area (Å²) >= 11 is 0. The van der Waals surface area contributed by atoms with Gasteiger partial charge in [-0.2, -0.15) is 0 Å². The number of carbonyl (C=O) groups is 2. The number of nitrogens with zero attached hydrogens (tertiary/aromatic N) is 1. The van der Waals surface area contributed by atoms with E-state index in [1.165, 1.54) is 0 Å². The Kier molecular flexibility index (Phi) is 7.62. The molecule has 2 aliphatic rings. The molecule has 0 radical (unpaired) electrons. The summed E-state index contributed by atoms with van der Waals surface area (Å²) in [5, 5.41) is 0. The molecule has 0 bridgehead atoms. The standard InChI is InChI=1S/C28H31NO7/c1-16-25(28(31)36-15-17-9-11-18(32-2)12-10-17)26(27-20(29-16)7-6-8-21(27)30)19-13-23(34-4)24(35-5)14-22(19)33-3/h9-14,25-26H,6-8,15H2,1-5H3/t25?,26-/m0/s1. The molecule has 0 saturated carbocycles. The van der Waals surface area contributed by atoms with Crippen molar-refractivity contribution in [2.45, 2.75) is 38.7 Å². The van der Waals surface area contributed by atoms with Crippen molar-refractivity contribution >= 4 is 17.5 Å². The lowest BCUT2D eigenvalue weighted by atomic mass is 9.71. The topological polar surface area (TPSA) is 92.7 Å². The Morgan fingerprint density at radius 1 is 0.917 bits per heavy atom. The van der Waals surface area contributed by atoms with Gasteiger partial charge in [-0.15, -0.1) is 0 Å². The Hall–Kier alpha value is -3.81. The summed E-state index contributed by atoms with van der Waals surface area (Å²) in [6.07, 6.45) is 1.82. The second kappa shape index (κ2) is 10.8. The lowest BCUT2D eigenvalue weighted by molar-refractivity contribution is -0.148. The molecule has 2 aromatic carbocycles. The van der Waals surface area contributed by atoms with Crippen LogP contribution in [0, 0.1) is 5.92 Å². The van der Waals surface area contributed by atoms with E-state index < -0.39 is 17.8 Å². The maximum atomic E-state index is 13.6. The van der Waals surface area contributed by atoms with E-state index in [1.54, 1.807) is 40.6 Å². The summed E-state index contributed by atoms with van der Waals surface area (Å²) in [4.78, 5) is 31.5. The lowest BCUT2D eigenvalue weighted by Crippen LogP contribution is -2.37. The Morgan fingerprint density at radius 2 is 1.58 bits per heavy atom. The molecule has 8 nitrogen and oxygen atoms in total. The Bertz CT molecular complexity index is 1210. The van der Waals surface area contributed by atoms with E-state index >= 15 is 0 Å². The van der Waals surface area contributed by atoms with E-state index in [9.17, 15) is 9.59 Å². The highest BCUT2D eigenvalue weighted by molar-refractivity contribution is 6.09. The Labute approximate surface area is 210 Å². The molecule has 8 heteroatoms. The van der Waals surface area contributed by atoms with Crippen LogP contribution < -0.4 is 18.9 Å². The van der Waals surface area contributed by atoms with E-state index in [1.807, 2.05) is 31.2 Å². The molecule has 0 amide bonds. The van der Waals surface area contributed by atoms with E-state index in [2.05, 4.69) is 0 Å². The van der Waals surface area contributed by atoms with Gasteiger partial charge < -0.3 is 23.7 Å². The molecule has 1 aliphatic carbocycles. The number of benzene rings is 2. The summed E-state index contributed by atoms with van der Waals surface area (Å²) in [5.74, 6) is 0.286. The Morgan fingerprint density at radius 3 is 2.22 bits per heavy atom. The number of carbonyl (C=O) groups excluding carboxylic acids is 2. The van der Waals surface area contributed by atoms with Crippen LogP contribution in [0.2, 0.25) is 0 Å². The SMILES string of the molecule is COc1ccc(COC(=O)C2C(C)=NC3=C(C(=O)CCC3)[C@H]2c2cc(OC)c(OC)cc2OC)cc1. The van der Waals surface area contributed by atoms with Crippen molar-refractivity contribution in [3.8, 4) is 23.0 Å². The number of allylic oxidation sites excluding steroid dienone is 2. The van der Waals surface area contributed by atoms with E-state index in [4.69, 9.17) is 28.7 Å². The molecule has 1 heterocycles. The van der Waals surface area contributed by atoms with Crippen LogP contribution >= 0.6 is 0 Å². The minimum Gasteiger partial charge on any atom is -0.497 e. The first kappa shape index (κ1) is 25.3. The summed E-state index contributed by atoms with van der Waals surface area (Å²) in [6, 6.07) is 10.8. The zero-order valence-corrected chi connectivity index (χ0v) is 21.3. The molecule has 1 unspecified atom stereocenters. The fraction of sp³-hybridized carbons (Fsp3) is 0.393. The molecule has 190 valence electrons. The van der Waals surface area contributed by atoms with Crippen LogP contribution in [0.25, 0.3) is 0 Å². The smallest absolute Gasteiger partial charge is 0.315 e. The fourth-order valence-electron chi connectivity index (χ4n) is 4.91. The first-order valence-corrected chi connectivity index (χ1v) is 11.8. The van der Waals surface area contributed by atoms with Gasteiger partial charge >= 0.3 is 5.97 Å². The molecule has 0 fully saturated rings. The molecular weight excluding hydrogens is 462 g/mol. The lowest BCUT2D eigenvalue weighted by Gasteiger charge is -2.35. The fourth-order valence-corrected chi connectivity index (χ4v) is 4.91. The Balaban J connectivity index is 1.76. The van der Waals surface area contributed by atoms with Gasteiger partial charge in [-0.1, -0.05) is 12.1 Å². The van der Waals surface area contributed by atoms with Gasteiger partial charge in [0.05, 0.1) is 28.4 Å². The normalized spacial score (nSPS) is 19.2. The number of hydrogen-bond donors (Lipinski definition) is 0. The third-order valence-corrected chi connectivity index (χ3v) is 6.70. The summed E-state index contributed by atoms with van der Waals surface area (Å²) in [5.41, 5.74) is 3.35. The van der Waals surface area contributed by atoms with Crippen LogP contribution in [-0.4, -0.2) is 45.9 Å². The number of Topliss-reactive ketones (excluding diaryl/α,β-unsaturated/α-hetero) is 1. The maximum Gasteiger partial charge on any atom is 0.315 e. The van der Waals surface area contributed by atoms with Crippen molar-refractivity contribution in [1.82, 2.24) is 0 Å². The van der Waals surface area contributed by atoms with E-state index in [0.717, 1.165) is 23.4 Å². The van der Waals surface area contributed by atoms with Crippen LogP contribution in [0.5, 0.6) is 23.0 Å². The molecule has 1 aliphatic heterocycles. The average Bonchev–Trinajstić information content (AvgIpc) is 2.90. The van der Waals surface area contributed by atoms with Crippen LogP contribution in [-0.2, 0) is 20.9 Å². The van der Waals surface area contributed by atoms with Crippen molar-refractivity contribution < 1.29 is 33.3 Å². The van der Waals surface area contributed by atoms with Crippen LogP contribution in [0.1, 0.15) is 43.2 Å². The van der Waals surface area contributed by atoms with Crippen LogP contribution in [0.3, 0.4) is 0 Å². The van der Waals surface area contributed by atoms with Crippen molar-refractivity contribution in [3.63, 3.8) is 0 Å². The second-order valence-corrected chi connectivity index (χ2v) is 8.75. The number of aliphatic imine (C=N–C) groups is 1. The second-order valence-electron chi connectivity index (χ2n) is 8.75. The number of hydrogen-bond acceptors (Lipinski definition) is 8. The van der Waals surface area contributed by atoms with Crippen LogP contribution in [0.15, 0.2) is 52.7 Å². The summed E-state index contributed by atoms with van der Waals surface area (Å²) in [6.45, 7) is 1.89. The molecule has 4 rings (SSSR count). The third-order valence-electron chi connectivity index (χ3n) is 6.70. The highest BCUT2D eigenvalue weighted by Crippen LogP contribution is 2.48. The van der Waals surface area contributed by atoms with Gasteiger partial charge in [0.2, 0.25) is 0 Å². The minimum atomic E-state index is -0.795. The van der Waals surface area contributed by atoms with Crippen molar-refractivity contribution in [3.05, 3.63) is 58.8 Å². The number of esters is 1. The third kappa shape index (κ3) is 4.80. The average molecular weight is 494 g/mol. The molecular formula is C28H31NO7.